The summed E-state index contributed by atoms with van der Waals surface area (Å²) in [6.45, 7) is 3.91. The van der Waals surface area contributed by atoms with E-state index in [2.05, 4.69) is 5.32 Å². The second-order valence-electron chi connectivity index (χ2n) is 4.40. The first-order valence-electron chi connectivity index (χ1n) is 5.66. The minimum Gasteiger partial charge on any atom is -0.491 e. The zero-order valence-electron chi connectivity index (χ0n) is 9.90. The molecule has 1 aromatic carbocycles. The number of benzene rings is 1. The average Bonchev–Trinajstić information content (AvgIpc) is 2.58. The smallest absolute Gasteiger partial charge is 0.234 e. The first-order valence-corrected chi connectivity index (χ1v) is 5.66. The highest BCUT2D eigenvalue weighted by Crippen LogP contribution is 2.26. The van der Waals surface area contributed by atoms with Crippen LogP contribution in [0.15, 0.2) is 24.3 Å². The molecule has 0 aliphatic carbocycles. The SMILES string of the molecule is CC(C)Oc1ccc([C@@H]2CC(=O)NC2=O)cc1. The van der Waals surface area contributed by atoms with Crippen LogP contribution in [-0.4, -0.2) is 17.9 Å². The monoisotopic (exact) mass is 233 g/mol. The van der Waals surface area contributed by atoms with Gasteiger partial charge in [-0.05, 0) is 31.5 Å². The number of carbonyl (C=O) groups is 2. The topological polar surface area (TPSA) is 55.4 Å². The van der Waals surface area contributed by atoms with E-state index < -0.39 is 0 Å². The lowest BCUT2D eigenvalue weighted by Crippen LogP contribution is -2.21. The number of amides is 2. The van der Waals surface area contributed by atoms with Gasteiger partial charge >= 0.3 is 0 Å². The molecule has 1 N–H and O–H groups in total. The highest BCUT2D eigenvalue weighted by Gasteiger charge is 2.31. The van der Waals surface area contributed by atoms with Crippen molar-refractivity contribution in [1.29, 1.82) is 0 Å². The van der Waals surface area contributed by atoms with Crippen molar-refractivity contribution in [2.24, 2.45) is 0 Å². The number of carbonyl (C=O) groups excluding carboxylic acids is 2. The van der Waals surface area contributed by atoms with E-state index in [-0.39, 0.29) is 30.3 Å². The lowest BCUT2D eigenvalue weighted by atomic mass is 9.98. The molecule has 4 nitrogen and oxygen atoms in total. The van der Waals surface area contributed by atoms with E-state index in [9.17, 15) is 9.59 Å². The van der Waals surface area contributed by atoms with Crippen LogP contribution in [0.1, 0.15) is 31.7 Å². The number of nitrogens with one attached hydrogen (secondary N) is 1. The Morgan fingerprint density at radius 1 is 1.24 bits per heavy atom. The molecule has 1 atom stereocenters. The molecule has 1 aliphatic rings. The quantitative estimate of drug-likeness (QED) is 0.807. The van der Waals surface area contributed by atoms with Crippen LogP contribution in [0.25, 0.3) is 0 Å². The highest BCUT2D eigenvalue weighted by molar-refractivity contribution is 6.06. The summed E-state index contributed by atoms with van der Waals surface area (Å²) in [7, 11) is 0. The van der Waals surface area contributed by atoms with Crippen molar-refractivity contribution in [1.82, 2.24) is 5.32 Å². The molecule has 1 aromatic rings. The van der Waals surface area contributed by atoms with Gasteiger partial charge in [0.15, 0.2) is 0 Å². The van der Waals surface area contributed by atoms with Crippen LogP contribution in [0.3, 0.4) is 0 Å². The summed E-state index contributed by atoms with van der Waals surface area (Å²) in [6, 6.07) is 7.32. The molecule has 1 fully saturated rings. The Labute approximate surface area is 100.0 Å². The van der Waals surface area contributed by atoms with Crippen molar-refractivity contribution in [2.45, 2.75) is 32.3 Å². The molecule has 0 aromatic heterocycles. The summed E-state index contributed by atoms with van der Waals surface area (Å²) in [5, 5.41) is 2.30. The second-order valence-corrected chi connectivity index (χ2v) is 4.40. The van der Waals surface area contributed by atoms with E-state index >= 15 is 0 Å². The average molecular weight is 233 g/mol. The van der Waals surface area contributed by atoms with Gasteiger partial charge in [0.25, 0.3) is 0 Å². The summed E-state index contributed by atoms with van der Waals surface area (Å²) in [5.74, 6) is -0.000818. The molecule has 4 heteroatoms. The predicted molar refractivity (Wildman–Crippen MR) is 62.7 cm³/mol. The molecule has 0 spiro atoms. The molecule has 1 aliphatic heterocycles. The van der Waals surface area contributed by atoms with Crippen LogP contribution in [0, 0.1) is 0 Å². The van der Waals surface area contributed by atoms with E-state index in [1.54, 1.807) is 0 Å². The summed E-state index contributed by atoms with van der Waals surface area (Å²) < 4.78 is 5.51. The zero-order valence-corrected chi connectivity index (χ0v) is 9.90. The van der Waals surface area contributed by atoms with Crippen molar-refractivity contribution in [2.75, 3.05) is 0 Å². The van der Waals surface area contributed by atoms with Crippen molar-refractivity contribution in [3.05, 3.63) is 29.8 Å². The molecule has 0 radical (unpaired) electrons. The van der Waals surface area contributed by atoms with Crippen molar-refractivity contribution in [3.63, 3.8) is 0 Å². The minimum absolute atomic E-state index is 0.122. The largest absolute Gasteiger partial charge is 0.491 e. The lowest BCUT2D eigenvalue weighted by molar-refractivity contribution is -0.125. The van der Waals surface area contributed by atoms with Crippen LogP contribution < -0.4 is 10.1 Å². The van der Waals surface area contributed by atoms with Gasteiger partial charge in [0.2, 0.25) is 11.8 Å². The molecule has 1 saturated heterocycles. The van der Waals surface area contributed by atoms with Crippen LogP contribution in [0.2, 0.25) is 0 Å². The van der Waals surface area contributed by atoms with Crippen LogP contribution in [0.5, 0.6) is 5.75 Å². The Bertz CT molecular complexity index is 436. The Hall–Kier alpha value is -1.84. The molecule has 90 valence electrons. The van der Waals surface area contributed by atoms with Gasteiger partial charge in [-0.25, -0.2) is 0 Å². The first kappa shape index (κ1) is 11.6. The zero-order chi connectivity index (χ0) is 12.4. The number of hydrogen-bond acceptors (Lipinski definition) is 3. The van der Waals surface area contributed by atoms with Crippen molar-refractivity contribution < 1.29 is 14.3 Å². The first-order chi connectivity index (χ1) is 8.06. The van der Waals surface area contributed by atoms with Gasteiger partial charge in [-0.15, -0.1) is 0 Å². The number of hydrogen-bond donors (Lipinski definition) is 1. The van der Waals surface area contributed by atoms with E-state index in [1.807, 2.05) is 38.1 Å². The molecular formula is C13H15NO3. The summed E-state index contributed by atoms with van der Waals surface area (Å²) in [6.07, 6.45) is 0.362. The fourth-order valence-corrected chi connectivity index (χ4v) is 1.87. The van der Waals surface area contributed by atoms with Crippen molar-refractivity contribution >= 4 is 11.8 Å². The van der Waals surface area contributed by atoms with E-state index in [0.29, 0.717) is 0 Å². The van der Waals surface area contributed by atoms with Crippen LogP contribution in [-0.2, 0) is 9.59 Å². The molecular weight excluding hydrogens is 218 g/mol. The van der Waals surface area contributed by atoms with Gasteiger partial charge in [0.05, 0.1) is 12.0 Å². The summed E-state index contributed by atoms with van der Waals surface area (Å²) >= 11 is 0. The fourth-order valence-electron chi connectivity index (χ4n) is 1.87. The lowest BCUT2D eigenvalue weighted by Gasteiger charge is -2.11. The minimum atomic E-state index is -0.351. The molecule has 1 heterocycles. The molecule has 2 amide bonds. The third-order valence-corrected chi connectivity index (χ3v) is 2.62. The van der Waals surface area contributed by atoms with Crippen LogP contribution in [0.4, 0.5) is 0 Å². The predicted octanol–water partition coefficient (Wildman–Crippen LogP) is 1.60. The summed E-state index contributed by atoms with van der Waals surface area (Å²) in [4.78, 5) is 22.6. The normalized spacial score (nSPS) is 19.6. The van der Waals surface area contributed by atoms with Crippen molar-refractivity contribution in [3.8, 4) is 5.75 Å². The van der Waals surface area contributed by atoms with E-state index in [4.69, 9.17) is 4.74 Å². The summed E-state index contributed by atoms with van der Waals surface area (Å²) in [5.41, 5.74) is 0.851. The van der Waals surface area contributed by atoms with Gasteiger partial charge in [0.1, 0.15) is 5.75 Å². The third-order valence-electron chi connectivity index (χ3n) is 2.62. The third kappa shape index (κ3) is 2.64. The van der Waals surface area contributed by atoms with Gasteiger partial charge in [-0.3, -0.25) is 14.9 Å². The molecule has 17 heavy (non-hydrogen) atoms. The Balaban J connectivity index is 2.13. The molecule has 0 saturated carbocycles. The van der Waals surface area contributed by atoms with Gasteiger partial charge < -0.3 is 4.74 Å². The maximum Gasteiger partial charge on any atom is 0.234 e. The van der Waals surface area contributed by atoms with E-state index in [1.165, 1.54) is 0 Å². The number of imide groups is 1. The van der Waals surface area contributed by atoms with Gasteiger partial charge in [0, 0.05) is 6.42 Å². The van der Waals surface area contributed by atoms with Gasteiger partial charge in [-0.2, -0.15) is 0 Å². The Morgan fingerprint density at radius 2 is 1.88 bits per heavy atom. The van der Waals surface area contributed by atoms with Gasteiger partial charge in [-0.1, -0.05) is 12.1 Å². The number of rotatable bonds is 3. The Kier molecular flexibility index (Phi) is 3.13. The highest BCUT2D eigenvalue weighted by atomic mass is 16.5. The van der Waals surface area contributed by atoms with E-state index in [0.717, 1.165) is 11.3 Å². The Morgan fingerprint density at radius 3 is 2.35 bits per heavy atom. The maximum atomic E-state index is 11.5. The second kappa shape index (κ2) is 4.57. The standard InChI is InChI=1S/C13H15NO3/c1-8(2)17-10-5-3-9(4-6-10)11-7-12(15)14-13(11)16/h3-6,8,11H,7H2,1-2H3,(H,14,15,16)/t11-/m0/s1. The molecule has 2 rings (SSSR count). The number of ether oxygens (including phenoxy) is 1. The fraction of sp³-hybridized carbons (Fsp3) is 0.385. The molecule has 0 bridgehead atoms. The van der Waals surface area contributed by atoms with Crippen LogP contribution >= 0.6 is 0 Å². The maximum absolute atomic E-state index is 11.5. The molecule has 0 unspecified atom stereocenters.